The lowest BCUT2D eigenvalue weighted by molar-refractivity contribution is 0.0818. The monoisotopic (exact) mass is 261 g/mol. The van der Waals surface area contributed by atoms with Crippen LogP contribution in [0.2, 0.25) is 0 Å². The van der Waals surface area contributed by atoms with Gasteiger partial charge in [0.1, 0.15) is 11.5 Å². The average Bonchev–Trinajstić information content (AvgIpc) is 2.72. The van der Waals surface area contributed by atoms with E-state index in [1.54, 1.807) is 49.1 Å². The zero-order chi connectivity index (χ0) is 14.0. The SMILES string of the molecule is CN(C)C(=O)c1c(N)ccn1Cc1ccccc1F. The van der Waals surface area contributed by atoms with Gasteiger partial charge in [0, 0.05) is 25.9 Å². The van der Waals surface area contributed by atoms with Crippen LogP contribution in [-0.2, 0) is 6.54 Å². The zero-order valence-corrected chi connectivity index (χ0v) is 10.9. The summed E-state index contributed by atoms with van der Waals surface area (Å²) in [6.07, 6.45) is 1.69. The third-order valence-electron chi connectivity index (χ3n) is 2.90. The molecule has 0 aliphatic rings. The van der Waals surface area contributed by atoms with Crippen molar-refractivity contribution < 1.29 is 9.18 Å². The number of benzene rings is 1. The number of carbonyl (C=O) groups is 1. The first-order valence-corrected chi connectivity index (χ1v) is 5.90. The Labute approximate surface area is 111 Å². The predicted octanol–water partition coefficient (Wildman–Crippen LogP) is 1.96. The second kappa shape index (κ2) is 5.14. The Kier molecular flexibility index (Phi) is 3.55. The van der Waals surface area contributed by atoms with Gasteiger partial charge in [-0.2, -0.15) is 0 Å². The number of carbonyl (C=O) groups excluding carboxylic acids is 1. The minimum atomic E-state index is -0.293. The highest BCUT2D eigenvalue weighted by atomic mass is 19.1. The van der Waals surface area contributed by atoms with Crippen LogP contribution >= 0.6 is 0 Å². The Balaban J connectivity index is 2.37. The Morgan fingerprint density at radius 3 is 2.63 bits per heavy atom. The molecule has 2 N–H and O–H groups in total. The third kappa shape index (κ3) is 2.59. The van der Waals surface area contributed by atoms with E-state index in [-0.39, 0.29) is 18.3 Å². The van der Waals surface area contributed by atoms with Gasteiger partial charge in [0.15, 0.2) is 0 Å². The van der Waals surface area contributed by atoms with Crippen molar-refractivity contribution in [1.29, 1.82) is 0 Å². The van der Waals surface area contributed by atoms with E-state index in [0.29, 0.717) is 16.9 Å². The average molecular weight is 261 g/mol. The van der Waals surface area contributed by atoms with E-state index in [2.05, 4.69) is 0 Å². The molecule has 2 aromatic rings. The topological polar surface area (TPSA) is 51.3 Å². The number of hydrogen-bond acceptors (Lipinski definition) is 2. The maximum Gasteiger partial charge on any atom is 0.272 e. The van der Waals surface area contributed by atoms with Crippen molar-refractivity contribution in [2.45, 2.75) is 6.54 Å². The van der Waals surface area contributed by atoms with Gasteiger partial charge in [-0.3, -0.25) is 4.79 Å². The van der Waals surface area contributed by atoms with Crippen molar-refractivity contribution in [2.75, 3.05) is 19.8 Å². The normalized spacial score (nSPS) is 10.5. The van der Waals surface area contributed by atoms with Gasteiger partial charge in [0.05, 0.1) is 12.2 Å². The molecule has 0 radical (unpaired) electrons. The molecule has 0 saturated heterocycles. The summed E-state index contributed by atoms with van der Waals surface area (Å²) in [4.78, 5) is 13.5. The van der Waals surface area contributed by atoms with E-state index in [0.717, 1.165) is 0 Å². The fourth-order valence-electron chi connectivity index (χ4n) is 1.89. The number of halogens is 1. The van der Waals surface area contributed by atoms with Crippen LogP contribution < -0.4 is 5.73 Å². The van der Waals surface area contributed by atoms with Gasteiger partial charge in [-0.05, 0) is 12.1 Å². The van der Waals surface area contributed by atoms with Crippen LogP contribution in [0.5, 0.6) is 0 Å². The smallest absolute Gasteiger partial charge is 0.272 e. The summed E-state index contributed by atoms with van der Waals surface area (Å²) in [5.41, 5.74) is 7.11. The van der Waals surface area contributed by atoms with Crippen LogP contribution in [0.15, 0.2) is 36.5 Å². The van der Waals surface area contributed by atoms with E-state index in [4.69, 9.17) is 5.73 Å². The van der Waals surface area contributed by atoms with E-state index < -0.39 is 0 Å². The predicted molar refractivity (Wildman–Crippen MR) is 72.4 cm³/mol. The maximum atomic E-state index is 13.6. The lowest BCUT2D eigenvalue weighted by Gasteiger charge is -2.14. The molecule has 0 saturated carbocycles. The van der Waals surface area contributed by atoms with Crippen LogP contribution in [-0.4, -0.2) is 29.5 Å². The third-order valence-corrected chi connectivity index (χ3v) is 2.90. The zero-order valence-electron chi connectivity index (χ0n) is 10.9. The fourth-order valence-corrected chi connectivity index (χ4v) is 1.89. The van der Waals surface area contributed by atoms with Crippen LogP contribution in [0.3, 0.4) is 0 Å². The Bertz CT molecular complexity index is 604. The van der Waals surface area contributed by atoms with Gasteiger partial charge in [-0.25, -0.2) is 4.39 Å². The van der Waals surface area contributed by atoms with Gasteiger partial charge in [0.25, 0.3) is 5.91 Å². The number of amides is 1. The fraction of sp³-hybridized carbons (Fsp3) is 0.214. The summed E-state index contributed by atoms with van der Waals surface area (Å²) in [5, 5.41) is 0. The molecule has 1 heterocycles. The van der Waals surface area contributed by atoms with Crippen molar-refractivity contribution in [1.82, 2.24) is 9.47 Å². The molecule has 0 spiro atoms. The highest BCUT2D eigenvalue weighted by Gasteiger charge is 2.17. The van der Waals surface area contributed by atoms with Crippen molar-refractivity contribution in [3.8, 4) is 0 Å². The summed E-state index contributed by atoms with van der Waals surface area (Å²) < 4.78 is 15.3. The van der Waals surface area contributed by atoms with Gasteiger partial charge in [-0.15, -0.1) is 0 Å². The Morgan fingerprint density at radius 1 is 1.32 bits per heavy atom. The molecule has 0 aliphatic carbocycles. The molecule has 100 valence electrons. The molecule has 5 heteroatoms. The minimum Gasteiger partial charge on any atom is -0.397 e. The van der Waals surface area contributed by atoms with Crippen molar-refractivity contribution >= 4 is 11.6 Å². The van der Waals surface area contributed by atoms with Crippen LogP contribution in [0.4, 0.5) is 10.1 Å². The number of aromatic nitrogens is 1. The van der Waals surface area contributed by atoms with E-state index in [9.17, 15) is 9.18 Å². The Hall–Kier alpha value is -2.30. The molecule has 1 amide bonds. The molecule has 0 bridgehead atoms. The number of hydrogen-bond donors (Lipinski definition) is 1. The molecular weight excluding hydrogens is 245 g/mol. The number of nitrogens with zero attached hydrogens (tertiary/aromatic N) is 2. The van der Waals surface area contributed by atoms with Crippen LogP contribution in [0.1, 0.15) is 16.1 Å². The van der Waals surface area contributed by atoms with Gasteiger partial charge in [-0.1, -0.05) is 18.2 Å². The first-order valence-electron chi connectivity index (χ1n) is 5.90. The lowest BCUT2D eigenvalue weighted by Crippen LogP contribution is -2.25. The summed E-state index contributed by atoms with van der Waals surface area (Å²) >= 11 is 0. The van der Waals surface area contributed by atoms with Crippen molar-refractivity contribution in [2.24, 2.45) is 0 Å². The summed E-state index contributed by atoms with van der Waals surface area (Å²) in [6.45, 7) is 0.277. The maximum absolute atomic E-state index is 13.6. The molecule has 1 aromatic carbocycles. The van der Waals surface area contributed by atoms with Crippen LogP contribution in [0, 0.1) is 5.82 Å². The highest BCUT2D eigenvalue weighted by molar-refractivity contribution is 5.97. The quantitative estimate of drug-likeness (QED) is 0.918. The summed E-state index contributed by atoms with van der Waals surface area (Å²) in [6, 6.07) is 8.14. The number of nitrogen functional groups attached to an aromatic ring is 1. The number of anilines is 1. The first kappa shape index (κ1) is 13.1. The van der Waals surface area contributed by atoms with Gasteiger partial charge < -0.3 is 15.2 Å². The van der Waals surface area contributed by atoms with Crippen LogP contribution in [0.25, 0.3) is 0 Å². The molecule has 0 atom stereocenters. The summed E-state index contributed by atoms with van der Waals surface area (Å²) in [5.74, 6) is -0.489. The number of rotatable bonds is 3. The lowest BCUT2D eigenvalue weighted by atomic mass is 10.2. The minimum absolute atomic E-state index is 0.196. The highest BCUT2D eigenvalue weighted by Crippen LogP contribution is 2.18. The molecule has 0 unspecified atom stereocenters. The van der Waals surface area contributed by atoms with Gasteiger partial charge in [0.2, 0.25) is 0 Å². The second-order valence-corrected chi connectivity index (χ2v) is 4.54. The number of nitrogens with two attached hydrogens (primary N) is 1. The van der Waals surface area contributed by atoms with Crippen molar-refractivity contribution in [3.63, 3.8) is 0 Å². The second-order valence-electron chi connectivity index (χ2n) is 4.54. The van der Waals surface area contributed by atoms with E-state index >= 15 is 0 Å². The standard InChI is InChI=1S/C14H16FN3O/c1-17(2)14(19)13-12(16)7-8-18(13)9-10-5-3-4-6-11(10)15/h3-8H,9,16H2,1-2H3. The first-order chi connectivity index (χ1) is 9.00. The largest absolute Gasteiger partial charge is 0.397 e. The van der Waals surface area contributed by atoms with Crippen molar-refractivity contribution in [3.05, 3.63) is 53.6 Å². The molecule has 0 aliphatic heterocycles. The summed E-state index contributed by atoms with van der Waals surface area (Å²) in [7, 11) is 3.31. The molecule has 0 fully saturated rings. The van der Waals surface area contributed by atoms with E-state index in [1.807, 2.05) is 0 Å². The molecule has 4 nitrogen and oxygen atoms in total. The molecule has 1 aromatic heterocycles. The molecule has 19 heavy (non-hydrogen) atoms. The van der Waals surface area contributed by atoms with Gasteiger partial charge >= 0.3 is 0 Å². The molecule has 2 rings (SSSR count). The Morgan fingerprint density at radius 2 is 2.00 bits per heavy atom. The molecular formula is C14H16FN3O. The van der Waals surface area contributed by atoms with E-state index in [1.165, 1.54) is 11.0 Å².